The highest BCUT2D eigenvalue weighted by Gasteiger charge is 2.18. The lowest BCUT2D eigenvalue weighted by Gasteiger charge is -2.19. The number of aromatic nitrogens is 2. The number of aryl methyl sites for hydroxylation is 1. The minimum atomic E-state index is -0.381. The van der Waals surface area contributed by atoms with Crippen LogP contribution in [0.4, 0.5) is 0 Å². The molecule has 0 aliphatic rings. The molecule has 4 rings (SSSR count). The standard InChI is InChI=1S/C31H34N4O4/c1-6-37-25-16-18-27(19-17-25)39-30-28(22(2)34-35(30)24-10-8-7-9-11-24)20-32-33-29(36)21-38-26-14-12-23(13-15-26)31(3,4)5/h7-20H,6,21H2,1-5H3,(H,33,36). The van der Waals surface area contributed by atoms with E-state index in [2.05, 4.69) is 36.4 Å². The zero-order valence-electron chi connectivity index (χ0n) is 23.0. The normalized spacial score (nSPS) is 11.4. The highest BCUT2D eigenvalue weighted by Crippen LogP contribution is 2.30. The summed E-state index contributed by atoms with van der Waals surface area (Å²) in [5.41, 5.74) is 5.91. The number of carbonyl (C=O) groups is 1. The van der Waals surface area contributed by atoms with Gasteiger partial charge in [0.2, 0.25) is 5.88 Å². The van der Waals surface area contributed by atoms with Crippen molar-refractivity contribution in [2.75, 3.05) is 13.2 Å². The van der Waals surface area contributed by atoms with Crippen LogP contribution in [0, 0.1) is 6.92 Å². The third-order valence-electron chi connectivity index (χ3n) is 5.89. The Bertz CT molecular complexity index is 1400. The molecule has 202 valence electrons. The Morgan fingerprint density at radius 1 is 0.923 bits per heavy atom. The molecule has 1 N–H and O–H groups in total. The number of nitrogens with one attached hydrogen (secondary N) is 1. The summed E-state index contributed by atoms with van der Waals surface area (Å²) in [6.45, 7) is 10.7. The maximum atomic E-state index is 12.4. The minimum absolute atomic E-state index is 0.0482. The third-order valence-corrected chi connectivity index (χ3v) is 5.89. The molecular weight excluding hydrogens is 492 g/mol. The van der Waals surface area contributed by atoms with Crippen molar-refractivity contribution in [3.63, 3.8) is 0 Å². The number of carbonyl (C=O) groups excluding carboxylic acids is 1. The van der Waals surface area contributed by atoms with Gasteiger partial charge in [-0.3, -0.25) is 4.79 Å². The topological polar surface area (TPSA) is 87.0 Å². The zero-order valence-corrected chi connectivity index (χ0v) is 23.0. The summed E-state index contributed by atoms with van der Waals surface area (Å²) in [6, 6.07) is 24.8. The van der Waals surface area contributed by atoms with Crippen molar-refractivity contribution in [3.05, 3.63) is 95.7 Å². The van der Waals surface area contributed by atoms with Crippen LogP contribution >= 0.6 is 0 Å². The molecule has 39 heavy (non-hydrogen) atoms. The Balaban J connectivity index is 1.47. The van der Waals surface area contributed by atoms with Crippen molar-refractivity contribution in [3.8, 4) is 28.8 Å². The van der Waals surface area contributed by atoms with Crippen LogP contribution < -0.4 is 19.6 Å². The molecule has 0 aliphatic heterocycles. The van der Waals surface area contributed by atoms with E-state index in [-0.39, 0.29) is 17.9 Å². The van der Waals surface area contributed by atoms with Gasteiger partial charge in [0.1, 0.15) is 17.2 Å². The van der Waals surface area contributed by atoms with Gasteiger partial charge in [0.15, 0.2) is 6.61 Å². The lowest BCUT2D eigenvalue weighted by atomic mass is 9.87. The Hall–Kier alpha value is -4.59. The summed E-state index contributed by atoms with van der Waals surface area (Å²) >= 11 is 0. The third kappa shape index (κ3) is 7.25. The molecule has 3 aromatic carbocycles. The number of para-hydroxylation sites is 1. The Morgan fingerprint density at radius 3 is 2.18 bits per heavy atom. The summed E-state index contributed by atoms with van der Waals surface area (Å²) in [4.78, 5) is 12.4. The van der Waals surface area contributed by atoms with E-state index in [1.165, 1.54) is 11.8 Å². The maximum absolute atomic E-state index is 12.4. The van der Waals surface area contributed by atoms with Crippen LogP contribution in [-0.4, -0.2) is 35.1 Å². The predicted molar refractivity (Wildman–Crippen MR) is 152 cm³/mol. The van der Waals surface area contributed by atoms with E-state index < -0.39 is 0 Å². The van der Waals surface area contributed by atoms with Gasteiger partial charge in [-0.05, 0) is 73.4 Å². The van der Waals surface area contributed by atoms with E-state index in [0.717, 1.165) is 11.4 Å². The molecule has 0 saturated carbocycles. The van der Waals surface area contributed by atoms with Crippen LogP contribution in [0.3, 0.4) is 0 Å². The molecule has 8 nitrogen and oxygen atoms in total. The first kappa shape index (κ1) is 27.4. The van der Waals surface area contributed by atoms with Gasteiger partial charge in [-0.25, -0.2) is 5.43 Å². The Kier molecular flexibility index (Phi) is 8.66. The molecule has 0 unspecified atom stereocenters. The second-order valence-electron chi connectivity index (χ2n) is 9.91. The van der Waals surface area contributed by atoms with E-state index in [0.29, 0.717) is 35.2 Å². The molecular formula is C31H34N4O4. The number of hydrogen-bond donors (Lipinski definition) is 1. The van der Waals surface area contributed by atoms with Crippen molar-refractivity contribution < 1.29 is 19.0 Å². The number of hydrazone groups is 1. The summed E-state index contributed by atoms with van der Waals surface area (Å²) in [7, 11) is 0. The van der Waals surface area contributed by atoms with Gasteiger partial charge in [0, 0.05) is 0 Å². The molecule has 0 bridgehead atoms. The fourth-order valence-corrected chi connectivity index (χ4v) is 3.79. The number of hydrogen-bond acceptors (Lipinski definition) is 6. The fraction of sp³-hybridized carbons (Fsp3) is 0.258. The molecule has 1 aromatic heterocycles. The van der Waals surface area contributed by atoms with Gasteiger partial charge < -0.3 is 14.2 Å². The summed E-state index contributed by atoms with van der Waals surface area (Å²) in [5, 5.41) is 8.81. The van der Waals surface area contributed by atoms with E-state index in [1.54, 1.807) is 4.68 Å². The predicted octanol–water partition coefficient (Wildman–Crippen LogP) is 6.20. The van der Waals surface area contributed by atoms with Crippen molar-refractivity contribution in [1.82, 2.24) is 15.2 Å². The zero-order chi connectivity index (χ0) is 27.8. The summed E-state index contributed by atoms with van der Waals surface area (Å²) in [5.74, 6) is 2.08. The average Bonchev–Trinajstić information content (AvgIpc) is 3.23. The van der Waals surface area contributed by atoms with Crippen LogP contribution in [0.2, 0.25) is 0 Å². The van der Waals surface area contributed by atoms with Crippen LogP contribution in [0.5, 0.6) is 23.1 Å². The number of nitrogens with zero attached hydrogens (tertiary/aromatic N) is 3. The van der Waals surface area contributed by atoms with Crippen molar-refractivity contribution in [2.24, 2.45) is 5.10 Å². The quantitative estimate of drug-likeness (QED) is 0.196. The first-order valence-electron chi connectivity index (χ1n) is 12.9. The van der Waals surface area contributed by atoms with Gasteiger partial charge in [-0.15, -0.1) is 0 Å². The van der Waals surface area contributed by atoms with Crippen LogP contribution in [0.1, 0.15) is 44.5 Å². The molecule has 0 saturated heterocycles. The highest BCUT2D eigenvalue weighted by atomic mass is 16.5. The number of benzene rings is 3. The van der Waals surface area contributed by atoms with Crippen LogP contribution in [0.25, 0.3) is 5.69 Å². The smallest absolute Gasteiger partial charge is 0.277 e. The number of amides is 1. The van der Waals surface area contributed by atoms with Gasteiger partial charge in [-0.2, -0.15) is 14.9 Å². The van der Waals surface area contributed by atoms with E-state index >= 15 is 0 Å². The monoisotopic (exact) mass is 526 g/mol. The van der Waals surface area contributed by atoms with Gasteiger partial charge in [-0.1, -0.05) is 51.1 Å². The lowest BCUT2D eigenvalue weighted by Crippen LogP contribution is -2.24. The maximum Gasteiger partial charge on any atom is 0.277 e. The average molecular weight is 527 g/mol. The molecule has 0 atom stereocenters. The van der Waals surface area contributed by atoms with E-state index in [1.807, 2.05) is 92.7 Å². The van der Waals surface area contributed by atoms with E-state index in [9.17, 15) is 4.79 Å². The Labute approximate surface area is 229 Å². The summed E-state index contributed by atoms with van der Waals surface area (Å²) in [6.07, 6.45) is 1.53. The fourth-order valence-electron chi connectivity index (χ4n) is 3.79. The molecule has 0 spiro atoms. The van der Waals surface area contributed by atoms with E-state index in [4.69, 9.17) is 14.2 Å². The molecule has 0 aliphatic carbocycles. The van der Waals surface area contributed by atoms with Crippen LogP contribution in [-0.2, 0) is 10.2 Å². The molecule has 1 heterocycles. The minimum Gasteiger partial charge on any atom is -0.494 e. The Morgan fingerprint density at radius 2 is 1.54 bits per heavy atom. The van der Waals surface area contributed by atoms with Gasteiger partial charge >= 0.3 is 0 Å². The van der Waals surface area contributed by atoms with Crippen molar-refractivity contribution in [1.29, 1.82) is 0 Å². The largest absolute Gasteiger partial charge is 0.494 e. The van der Waals surface area contributed by atoms with Crippen molar-refractivity contribution >= 4 is 12.1 Å². The lowest BCUT2D eigenvalue weighted by molar-refractivity contribution is -0.123. The summed E-state index contributed by atoms with van der Waals surface area (Å²) < 4.78 is 19.1. The first-order valence-corrected chi connectivity index (χ1v) is 12.9. The number of rotatable bonds is 10. The van der Waals surface area contributed by atoms with Crippen molar-refractivity contribution in [2.45, 2.75) is 40.0 Å². The van der Waals surface area contributed by atoms with Crippen LogP contribution in [0.15, 0.2) is 84.0 Å². The second-order valence-corrected chi connectivity index (χ2v) is 9.91. The highest BCUT2D eigenvalue weighted by molar-refractivity contribution is 5.86. The molecule has 8 heteroatoms. The second kappa shape index (κ2) is 12.3. The first-order chi connectivity index (χ1) is 18.7. The molecule has 0 fully saturated rings. The molecule has 4 aromatic rings. The molecule has 1 amide bonds. The SMILES string of the molecule is CCOc1ccc(Oc2c(C=NNC(=O)COc3ccc(C(C)(C)C)cc3)c(C)nn2-c2ccccc2)cc1. The number of ether oxygens (including phenoxy) is 3. The molecule has 0 radical (unpaired) electrons. The van der Waals surface area contributed by atoms with Gasteiger partial charge in [0.25, 0.3) is 5.91 Å². The van der Waals surface area contributed by atoms with Gasteiger partial charge in [0.05, 0.1) is 29.8 Å².